The second kappa shape index (κ2) is 8.41. The molecule has 0 fully saturated rings. The van der Waals surface area contributed by atoms with E-state index in [1.807, 2.05) is 48.7 Å². The van der Waals surface area contributed by atoms with Crippen molar-refractivity contribution in [1.82, 2.24) is 9.55 Å². The molecule has 0 aliphatic rings. The molecule has 1 aromatic heterocycles. The van der Waals surface area contributed by atoms with E-state index < -0.39 is 6.10 Å². The highest BCUT2D eigenvalue weighted by Gasteiger charge is 2.15. The molecule has 6 heteroatoms. The lowest BCUT2D eigenvalue weighted by molar-refractivity contribution is 0.0931. The molecule has 0 bridgehead atoms. The number of para-hydroxylation sites is 2. The molecule has 2 aromatic carbocycles. The number of fused-ring (bicyclic) bond motifs is 1. The Hall–Kier alpha value is -2.57. The van der Waals surface area contributed by atoms with Gasteiger partial charge in [0.25, 0.3) is 0 Å². The van der Waals surface area contributed by atoms with Crippen LogP contribution in [0.4, 0.5) is 5.95 Å². The minimum atomic E-state index is -0.698. The van der Waals surface area contributed by atoms with E-state index in [1.54, 1.807) is 0 Å². The summed E-state index contributed by atoms with van der Waals surface area (Å²) in [7, 11) is 0. The van der Waals surface area contributed by atoms with Gasteiger partial charge in [-0.1, -0.05) is 24.3 Å². The van der Waals surface area contributed by atoms with E-state index in [-0.39, 0.29) is 13.2 Å². The number of imidazole rings is 1. The van der Waals surface area contributed by atoms with Gasteiger partial charge in [-0.15, -0.1) is 0 Å². The summed E-state index contributed by atoms with van der Waals surface area (Å²) in [5.74, 6) is 1.47. The Bertz CT molecular complexity index is 920. The van der Waals surface area contributed by atoms with Crippen molar-refractivity contribution < 1.29 is 14.9 Å². The molecule has 1 heterocycles. The smallest absolute Gasteiger partial charge is 0.204 e. The summed E-state index contributed by atoms with van der Waals surface area (Å²) in [6.45, 7) is 7.04. The molecule has 1 atom stereocenters. The van der Waals surface area contributed by atoms with Gasteiger partial charge in [0.2, 0.25) is 5.95 Å². The van der Waals surface area contributed by atoms with E-state index in [2.05, 4.69) is 23.3 Å². The van der Waals surface area contributed by atoms with Crippen LogP contribution in [0.15, 0.2) is 36.4 Å². The van der Waals surface area contributed by atoms with E-state index in [4.69, 9.17) is 9.84 Å². The normalized spacial score (nSPS) is 12.3. The third kappa shape index (κ3) is 4.23. The Morgan fingerprint density at radius 3 is 2.63 bits per heavy atom. The number of hydrogen-bond acceptors (Lipinski definition) is 5. The maximum Gasteiger partial charge on any atom is 0.204 e. The van der Waals surface area contributed by atoms with Crippen LogP contribution >= 0.6 is 0 Å². The van der Waals surface area contributed by atoms with Gasteiger partial charge in [-0.3, -0.25) is 0 Å². The maximum absolute atomic E-state index is 10.6. The second-order valence-electron chi connectivity index (χ2n) is 6.80. The van der Waals surface area contributed by atoms with Crippen LogP contribution in [0.3, 0.4) is 0 Å². The number of anilines is 1. The zero-order valence-electron chi connectivity index (χ0n) is 16.1. The van der Waals surface area contributed by atoms with Crippen molar-refractivity contribution >= 4 is 17.0 Å². The Balaban J connectivity index is 1.76. The Morgan fingerprint density at radius 1 is 1.11 bits per heavy atom. The maximum atomic E-state index is 10.6. The molecule has 0 aliphatic heterocycles. The molecule has 0 saturated carbocycles. The Morgan fingerprint density at radius 2 is 1.85 bits per heavy atom. The summed E-state index contributed by atoms with van der Waals surface area (Å²) in [4.78, 5) is 4.55. The van der Waals surface area contributed by atoms with Crippen molar-refractivity contribution in [2.24, 2.45) is 0 Å². The number of nitrogens with one attached hydrogen (secondary N) is 1. The summed E-state index contributed by atoms with van der Waals surface area (Å²) in [5, 5.41) is 22.8. The molecule has 3 N–H and O–H groups in total. The van der Waals surface area contributed by atoms with Gasteiger partial charge in [0.05, 0.1) is 24.2 Å². The van der Waals surface area contributed by atoms with Gasteiger partial charge in [-0.05, 0) is 49.6 Å². The van der Waals surface area contributed by atoms with E-state index in [9.17, 15) is 5.11 Å². The molecule has 3 rings (SSSR count). The van der Waals surface area contributed by atoms with Gasteiger partial charge >= 0.3 is 0 Å². The summed E-state index contributed by atoms with van der Waals surface area (Å²) in [6.07, 6.45) is -0.698. The number of nitrogens with zero attached hydrogens (tertiary/aromatic N) is 2. The van der Waals surface area contributed by atoms with Crippen molar-refractivity contribution in [3.63, 3.8) is 0 Å². The zero-order chi connectivity index (χ0) is 19.4. The van der Waals surface area contributed by atoms with Gasteiger partial charge < -0.3 is 24.8 Å². The van der Waals surface area contributed by atoms with E-state index in [0.29, 0.717) is 19.0 Å². The second-order valence-corrected chi connectivity index (χ2v) is 6.80. The van der Waals surface area contributed by atoms with Crippen LogP contribution in [0.2, 0.25) is 0 Å². The lowest BCUT2D eigenvalue weighted by atomic mass is 10.1. The molecule has 6 nitrogen and oxygen atoms in total. The number of ether oxygens (including phenoxy) is 1. The van der Waals surface area contributed by atoms with Gasteiger partial charge in [-0.25, -0.2) is 4.98 Å². The molecule has 27 heavy (non-hydrogen) atoms. The summed E-state index contributed by atoms with van der Waals surface area (Å²) >= 11 is 0. The van der Waals surface area contributed by atoms with Crippen molar-refractivity contribution in [2.75, 3.05) is 25.1 Å². The summed E-state index contributed by atoms with van der Waals surface area (Å²) in [6, 6.07) is 11.9. The number of aliphatic hydroxyl groups excluding tert-OH is 2. The zero-order valence-corrected chi connectivity index (χ0v) is 16.1. The molecule has 0 amide bonds. The topological polar surface area (TPSA) is 79.5 Å². The van der Waals surface area contributed by atoms with Crippen LogP contribution in [-0.4, -0.2) is 45.6 Å². The lowest BCUT2D eigenvalue weighted by Crippen LogP contribution is -2.25. The predicted molar refractivity (Wildman–Crippen MR) is 107 cm³/mol. The monoisotopic (exact) mass is 369 g/mol. The van der Waals surface area contributed by atoms with E-state index >= 15 is 0 Å². The average Bonchev–Trinajstić information content (AvgIpc) is 3.00. The highest BCUT2D eigenvalue weighted by Crippen LogP contribution is 2.26. The van der Waals surface area contributed by atoms with Crippen LogP contribution in [-0.2, 0) is 6.54 Å². The fraction of sp³-hybridized carbons (Fsp3) is 0.381. The number of hydrogen-bond donors (Lipinski definition) is 3. The molecule has 0 spiro atoms. The fourth-order valence-electron chi connectivity index (χ4n) is 3.15. The quantitative estimate of drug-likeness (QED) is 0.569. The molecule has 0 radical (unpaired) electrons. The Labute approximate surface area is 159 Å². The van der Waals surface area contributed by atoms with Gasteiger partial charge in [0.1, 0.15) is 18.5 Å². The van der Waals surface area contributed by atoms with Gasteiger partial charge in [0.15, 0.2) is 0 Å². The first-order valence-corrected chi connectivity index (χ1v) is 9.19. The van der Waals surface area contributed by atoms with Crippen LogP contribution < -0.4 is 10.1 Å². The van der Waals surface area contributed by atoms with E-state index in [0.717, 1.165) is 27.9 Å². The minimum Gasteiger partial charge on any atom is -0.490 e. The first-order chi connectivity index (χ1) is 13.0. The SMILES string of the molecule is Cc1ccc(C)c(OCC(O)Cn2c(NCCO)nc3ccccc32)c1C. The van der Waals surface area contributed by atoms with Crippen molar-refractivity contribution in [3.8, 4) is 5.75 Å². The number of aryl methyl sites for hydroxylation is 2. The fourth-order valence-corrected chi connectivity index (χ4v) is 3.15. The molecule has 0 aliphatic carbocycles. The molecule has 144 valence electrons. The number of benzene rings is 2. The molecule has 3 aromatic rings. The Kier molecular flexibility index (Phi) is 5.98. The summed E-state index contributed by atoms with van der Waals surface area (Å²) in [5.41, 5.74) is 5.10. The first-order valence-electron chi connectivity index (χ1n) is 9.19. The highest BCUT2D eigenvalue weighted by molar-refractivity contribution is 5.78. The molecule has 1 unspecified atom stereocenters. The largest absolute Gasteiger partial charge is 0.490 e. The van der Waals surface area contributed by atoms with Crippen molar-refractivity contribution in [3.05, 3.63) is 53.1 Å². The van der Waals surface area contributed by atoms with Gasteiger partial charge in [0, 0.05) is 6.54 Å². The minimum absolute atomic E-state index is 0.0147. The third-order valence-corrected chi connectivity index (χ3v) is 4.74. The van der Waals surface area contributed by atoms with Crippen molar-refractivity contribution in [1.29, 1.82) is 0 Å². The number of rotatable bonds is 8. The van der Waals surface area contributed by atoms with Crippen LogP contribution in [0, 0.1) is 20.8 Å². The van der Waals surface area contributed by atoms with Crippen LogP contribution in [0.1, 0.15) is 16.7 Å². The van der Waals surface area contributed by atoms with Crippen LogP contribution in [0.25, 0.3) is 11.0 Å². The molecular weight excluding hydrogens is 342 g/mol. The molecule has 0 saturated heterocycles. The van der Waals surface area contributed by atoms with Crippen molar-refractivity contribution in [2.45, 2.75) is 33.4 Å². The molecular formula is C21H27N3O3. The number of aliphatic hydroxyl groups is 2. The average molecular weight is 369 g/mol. The standard InChI is InChI=1S/C21H27N3O3/c1-14-8-9-15(2)20(16(14)3)27-13-17(26)12-24-19-7-5-4-6-18(19)23-21(24)22-10-11-25/h4-9,17,25-26H,10-13H2,1-3H3,(H,22,23). The predicted octanol–water partition coefficient (Wildman–Crippen LogP) is 2.81. The van der Waals surface area contributed by atoms with E-state index in [1.165, 1.54) is 5.56 Å². The third-order valence-electron chi connectivity index (χ3n) is 4.74. The number of aromatic nitrogens is 2. The van der Waals surface area contributed by atoms with Crippen LogP contribution in [0.5, 0.6) is 5.75 Å². The lowest BCUT2D eigenvalue weighted by Gasteiger charge is -2.18. The summed E-state index contributed by atoms with van der Waals surface area (Å²) < 4.78 is 7.87. The van der Waals surface area contributed by atoms with Gasteiger partial charge in [-0.2, -0.15) is 0 Å². The first kappa shape index (κ1) is 19.2. The highest BCUT2D eigenvalue weighted by atomic mass is 16.5.